The molecule has 1 aromatic rings. The van der Waals surface area contributed by atoms with Gasteiger partial charge in [-0.15, -0.1) is 13.2 Å². The molecule has 1 aliphatic heterocycles. The van der Waals surface area contributed by atoms with Crippen LogP contribution in [-0.2, 0) is 16.0 Å². The first-order valence-electron chi connectivity index (χ1n) is 7.87. The maximum absolute atomic E-state index is 12.3. The number of para-hydroxylation sites is 1. The molecule has 1 N–H and O–H groups in total. The Morgan fingerprint density at radius 2 is 2.08 bits per heavy atom. The summed E-state index contributed by atoms with van der Waals surface area (Å²) in [6.07, 6.45) is -4.36. The van der Waals surface area contributed by atoms with Crippen LogP contribution in [0, 0.1) is 0 Å². The Balaban J connectivity index is 1.70. The summed E-state index contributed by atoms with van der Waals surface area (Å²) in [5.74, 6) is -0.568. The number of alkyl halides is 3. The van der Waals surface area contributed by atoms with E-state index in [1.54, 1.807) is 11.0 Å². The van der Waals surface area contributed by atoms with Gasteiger partial charge >= 0.3 is 12.5 Å². The first kappa shape index (κ1) is 18.9. The molecule has 0 radical (unpaired) electrons. The smallest absolute Gasteiger partial charge is 0.448 e. The van der Waals surface area contributed by atoms with Gasteiger partial charge in [0.15, 0.2) is 0 Å². The summed E-state index contributed by atoms with van der Waals surface area (Å²) in [5, 5.41) is 2.68. The molecular weight excluding hydrogens is 341 g/mol. The topological polar surface area (TPSA) is 67.9 Å². The van der Waals surface area contributed by atoms with Crippen LogP contribution < -0.4 is 10.1 Å². The molecule has 1 aliphatic rings. The van der Waals surface area contributed by atoms with Crippen LogP contribution in [0.3, 0.4) is 0 Å². The molecule has 2 amide bonds. The molecule has 0 aliphatic carbocycles. The molecule has 0 bridgehead atoms. The number of rotatable bonds is 8. The molecule has 2 rings (SSSR count). The van der Waals surface area contributed by atoms with Crippen LogP contribution in [-0.4, -0.2) is 49.5 Å². The quantitative estimate of drug-likeness (QED) is 0.724. The van der Waals surface area contributed by atoms with Crippen molar-refractivity contribution < 1.29 is 32.2 Å². The molecule has 1 aromatic carbocycles. The summed E-state index contributed by atoms with van der Waals surface area (Å²) in [7, 11) is 0. The van der Waals surface area contributed by atoms with Crippen molar-refractivity contribution in [3.8, 4) is 5.75 Å². The average Bonchev–Trinajstić information content (AvgIpc) is 2.94. The van der Waals surface area contributed by atoms with Crippen LogP contribution in [0.4, 0.5) is 18.0 Å². The van der Waals surface area contributed by atoms with Crippen LogP contribution in [0.5, 0.6) is 5.75 Å². The Morgan fingerprint density at radius 3 is 2.76 bits per heavy atom. The zero-order valence-electron chi connectivity index (χ0n) is 13.5. The minimum absolute atomic E-state index is 0.0456. The van der Waals surface area contributed by atoms with Gasteiger partial charge in [0.1, 0.15) is 12.4 Å². The van der Waals surface area contributed by atoms with Crippen molar-refractivity contribution in [3.63, 3.8) is 0 Å². The third-order valence-corrected chi connectivity index (χ3v) is 3.59. The van der Waals surface area contributed by atoms with E-state index < -0.39 is 6.36 Å². The van der Waals surface area contributed by atoms with Gasteiger partial charge in [-0.2, -0.15) is 0 Å². The van der Waals surface area contributed by atoms with Crippen LogP contribution in [0.1, 0.15) is 18.4 Å². The largest absolute Gasteiger partial charge is 0.573 e. The van der Waals surface area contributed by atoms with Crippen LogP contribution in [0.2, 0.25) is 0 Å². The standard InChI is InChI=1S/C16H19F3N2O4/c17-16(18,19)25-13-5-2-1-4-12(13)6-7-14(22)20-8-3-9-21-10-11-24-15(21)23/h1-2,4-5H,3,6-11H2,(H,20,22). The van der Waals surface area contributed by atoms with Gasteiger partial charge in [-0.05, 0) is 24.5 Å². The number of cyclic esters (lactones) is 1. The van der Waals surface area contributed by atoms with E-state index >= 15 is 0 Å². The summed E-state index contributed by atoms with van der Waals surface area (Å²) in [6.45, 7) is 1.79. The Bertz CT molecular complexity index is 607. The number of carbonyl (C=O) groups is 2. The molecule has 9 heteroatoms. The van der Waals surface area contributed by atoms with E-state index in [2.05, 4.69) is 10.1 Å². The monoisotopic (exact) mass is 360 g/mol. The number of ether oxygens (including phenoxy) is 2. The SMILES string of the molecule is O=C(CCc1ccccc1OC(F)(F)F)NCCCN1CCOC1=O. The molecule has 1 fully saturated rings. The van der Waals surface area contributed by atoms with E-state index in [0.717, 1.165) is 0 Å². The van der Waals surface area contributed by atoms with Gasteiger partial charge < -0.3 is 19.7 Å². The molecule has 0 spiro atoms. The van der Waals surface area contributed by atoms with Crippen LogP contribution >= 0.6 is 0 Å². The Hall–Kier alpha value is -2.45. The maximum Gasteiger partial charge on any atom is 0.573 e. The second-order valence-corrected chi connectivity index (χ2v) is 5.46. The number of hydrogen-bond acceptors (Lipinski definition) is 4. The van der Waals surface area contributed by atoms with E-state index in [-0.39, 0.29) is 30.6 Å². The lowest BCUT2D eigenvalue weighted by Gasteiger charge is -2.14. The third-order valence-electron chi connectivity index (χ3n) is 3.59. The Morgan fingerprint density at radius 1 is 1.32 bits per heavy atom. The molecule has 25 heavy (non-hydrogen) atoms. The number of halogens is 3. The number of aryl methyl sites for hydroxylation is 1. The molecule has 6 nitrogen and oxygen atoms in total. The van der Waals surface area contributed by atoms with E-state index in [1.807, 2.05) is 0 Å². The number of carbonyl (C=O) groups excluding carboxylic acids is 2. The fourth-order valence-corrected chi connectivity index (χ4v) is 2.40. The minimum atomic E-state index is -4.77. The molecule has 0 atom stereocenters. The fraction of sp³-hybridized carbons (Fsp3) is 0.500. The zero-order chi connectivity index (χ0) is 18.3. The van der Waals surface area contributed by atoms with Gasteiger partial charge in [-0.25, -0.2) is 4.79 Å². The highest BCUT2D eigenvalue weighted by molar-refractivity contribution is 5.76. The summed E-state index contributed by atoms with van der Waals surface area (Å²) in [5.41, 5.74) is 0.315. The normalized spacial score (nSPS) is 14.4. The number of amides is 2. The van der Waals surface area contributed by atoms with Crippen molar-refractivity contribution in [1.29, 1.82) is 0 Å². The summed E-state index contributed by atoms with van der Waals surface area (Å²) in [6, 6.07) is 5.74. The highest BCUT2D eigenvalue weighted by atomic mass is 19.4. The van der Waals surface area contributed by atoms with Gasteiger partial charge in [-0.1, -0.05) is 18.2 Å². The zero-order valence-corrected chi connectivity index (χ0v) is 13.5. The first-order chi connectivity index (χ1) is 11.8. The lowest BCUT2D eigenvalue weighted by Crippen LogP contribution is -2.30. The van der Waals surface area contributed by atoms with E-state index in [9.17, 15) is 22.8 Å². The number of benzene rings is 1. The predicted octanol–water partition coefficient (Wildman–Crippen LogP) is 2.48. The van der Waals surface area contributed by atoms with Gasteiger partial charge in [0.05, 0.1) is 6.54 Å². The second-order valence-electron chi connectivity index (χ2n) is 5.46. The Labute approximate surface area is 142 Å². The van der Waals surface area contributed by atoms with Gasteiger partial charge in [-0.3, -0.25) is 4.79 Å². The second kappa shape index (κ2) is 8.59. The fourth-order valence-electron chi connectivity index (χ4n) is 2.40. The highest BCUT2D eigenvalue weighted by Crippen LogP contribution is 2.26. The van der Waals surface area contributed by atoms with Crippen molar-refractivity contribution in [3.05, 3.63) is 29.8 Å². The predicted molar refractivity (Wildman–Crippen MR) is 82.0 cm³/mol. The maximum atomic E-state index is 12.3. The van der Waals surface area contributed by atoms with Gasteiger partial charge in [0.25, 0.3) is 0 Å². The van der Waals surface area contributed by atoms with Crippen LogP contribution in [0.15, 0.2) is 24.3 Å². The molecule has 0 unspecified atom stereocenters. The lowest BCUT2D eigenvalue weighted by molar-refractivity contribution is -0.274. The molecule has 138 valence electrons. The first-order valence-corrected chi connectivity index (χ1v) is 7.87. The van der Waals surface area contributed by atoms with E-state index in [4.69, 9.17) is 4.74 Å². The molecule has 0 saturated carbocycles. The number of hydrogen-bond donors (Lipinski definition) is 1. The molecule has 0 aromatic heterocycles. The van der Waals surface area contributed by atoms with Gasteiger partial charge in [0, 0.05) is 19.5 Å². The van der Waals surface area contributed by atoms with Crippen molar-refractivity contribution in [2.75, 3.05) is 26.2 Å². The minimum Gasteiger partial charge on any atom is -0.448 e. The summed E-state index contributed by atoms with van der Waals surface area (Å²) in [4.78, 5) is 24.6. The molecule has 1 saturated heterocycles. The summed E-state index contributed by atoms with van der Waals surface area (Å²) < 4.78 is 45.8. The average molecular weight is 360 g/mol. The van der Waals surface area contributed by atoms with E-state index in [1.165, 1.54) is 18.2 Å². The lowest BCUT2D eigenvalue weighted by atomic mass is 10.1. The molecular formula is C16H19F3N2O4. The van der Waals surface area contributed by atoms with E-state index in [0.29, 0.717) is 38.2 Å². The van der Waals surface area contributed by atoms with Crippen molar-refractivity contribution in [2.45, 2.75) is 25.6 Å². The highest BCUT2D eigenvalue weighted by Gasteiger charge is 2.31. The van der Waals surface area contributed by atoms with Crippen molar-refractivity contribution in [2.24, 2.45) is 0 Å². The third kappa shape index (κ3) is 6.52. The number of nitrogens with one attached hydrogen (secondary N) is 1. The van der Waals surface area contributed by atoms with Crippen LogP contribution in [0.25, 0.3) is 0 Å². The molecule has 1 heterocycles. The summed E-state index contributed by atoms with van der Waals surface area (Å²) >= 11 is 0. The van der Waals surface area contributed by atoms with Gasteiger partial charge in [0.2, 0.25) is 5.91 Å². The Kier molecular flexibility index (Phi) is 6.49. The van der Waals surface area contributed by atoms with Crippen molar-refractivity contribution in [1.82, 2.24) is 10.2 Å². The number of nitrogens with zero attached hydrogens (tertiary/aromatic N) is 1. The van der Waals surface area contributed by atoms with Crippen molar-refractivity contribution >= 4 is 12.0 Å².